The zero-order chi connectivity index (χ0) is 19.2. The van der Waals surface area contributed by atoms with Crippen LogP contribution < -0.4 is 5.32 Å². The summed E-state index contributed by atoms with van der Waals surface area (Å²) in [5.41, 5.74) is 1.94. The Morgan fingerprint density at radius 1 is 1.19 bits per heavy atom. The summed E-state index contributed by atoms with van der Waals surface area (Å²) >= 11 is 0. The zero-order valence-electron chi connectivity index (χ0n) is 16.8. The lowest BCUT2D eigenvalue weighted by atomic mass is 10.0. The molecule has 1 aliphatic rings. The van der Waals surface area contributed by atoms with Crippen LogP contribution in [0.3, 0.4) is 0 Å². The van der Waals surface area contributed by atoms with Crippen molar-refractivity contribution < 1.29 is 4.79 Å². The van der Waals surface area contributed by atoms with E-state index in [1.807, 2.05) is 36.0 Å². The number of nitrogens with one attached hydrogen (secondary N) is 1. The number of benzene rings is 1. The minimum Gasteiger partial charge on any atom is -0.342 e. The summed E-state index contributed by atoms with van der Waals surface area (Å²) < 4.78 is 1.97. The fourth-order valence-electron chi connectivity index (χ4n) is 3.79. The predicted molar refractivity (Wildman–Crippen MR) is 108 cm³/mol. The van der Waals surface area contributed by atoms with E-state index in [1.54, 1.807) is 6.20 Å². The molecule has 5 heteroatoms. The molecule has 1 amide bonds. The Morgan fingerprint density at radius 3 is 2.56 bits per heavy atom. The van der Waals surface area contributed by atoms with Gasteiger partial charge >= 0.3 is 0 Å². The number of carbonyl (C=O) groups excluding carboxylic acids is 1. The molecule has 146 valence electrons. The Hall–Kier alpha value is -2.14. The highest BCUT2D eigenvalue weighted by atomic mass is 16.1. The van der Waals surface area contributed by atoms with Crippen LogP contribution >= 0.6 is 0 Å². The molecule has 1 aliphatic heterocycles. The van der Waals surface area contributed by atoms with Gasteiger partial charge in [0.1, 0.15) is 5.82 Å². The van der Waals surface area contributed by atoms with Crippen molar-refractivity contribution in [3.05, 3.63) is 53.6 Å². The third kappa shape index (κ3) is 5.19. The van der Waals surface area contributed by atoms with Crippen LogP contribution in [0.1, 0.15) is 67.3 Å². The zero-order valence-corrected chi connectivity index (χ0v) is 16.8. The third-order valence-corrected chi connectivity index (χ3v) is 5.38. The molecule has 27 heavy (non-hydrogen) atoms. The van der Waals surface area contributed by atoms with Crippen molar-refractivity contribution in [3.8, 4) is 0 Å². The number of nitrogens with zero attached hydrogens (tertiary/aromatic N) is 3. The van der Waals surface area contributed by atoms with Crippen molar-refractivity contribution in [1.82, 2.24) is 19.8 Å². The van der Waals surface area contributed by atoms with Gasteiger partial charge in [0.05, 0.1) is 6.04 Å². The lowest BCUT2D eigenvalue weighted by molar-refractivity contribution is 0.0922. The van der Waals surface area contributed by atoms with Crippen molar-refractivity contribution >= 4 is 5.91 Å². The third-order valence-electron chi connectivity index (χ3n) is 5.38. The minimum absolute atomic E-state index is 0.0329. The van der Waals surface area contributed by atoms with E-state index >= 15 is 0 Å². The molecule has 2 aromatic rings. The van der Waals surface area contributed by atoms with Gasteiger partial charge in [-0.1, -0.05) is 38.8 Å². The van der Waals surface area contributed by atoms with E-state index in [0.29, 0.717) is 0 Å². The first-order valence-electron chi connectivity index (χ1n) is 10.1. The lowest BCUT2D eigenvalue weighted by Crippen LogP contribution is -2.33. The molecular formula is C22H32N4O. The molecule has 1 unspecified atom stereocenters. The second kappa shape index (κ2) is 9.18. The Morgan fingerprint density at radius 2 is 1.93 bits per heavy atom. The molecule has 1 atom stereocenters. The van der Waals surface area contributed by atoms with E-state index in [-0.39, 0.29) is 17.9 Å². The molecule has 3 rings (SSSR count). The molecular weight excluding hydrogens is 336 g/mol. The van der Waals surface area contributed by atoms with Crippen LogP contribution in [0.25, 0.3) is 0 Å². The molecule has 0 bridgehead atoms. The summed E-state index contributed by atoms with van der Waals surface area (Å²) in [6.45, 7) is 7.45. The van der Waals surface area contributed by atoms with Gasteiger partial charge in [0, 0.05) is 31.5 Å². The number of aryl methyl sites for hydroxylation is 1. The first-order valence-corrected chi connectivity index (χ1v) is 10.1. The normalized spacial score (nSPS) is 16.9. The van der Waals surface area contributed by atoms with Gasteiger partial charge in [-0.3, -0.25) is 9.69 Å². The molecule has 2 heterocycles. The van der Waals surface area contributed by atoms with Gasteiger partial charge in [-0.2, -0.15) is 0 Å². The van der Waals surface area contributed by atoms with Gasteiger partial charge in [-0.15, -0.1) is 0 Å². The van der Waals surface area contributed by atoms with Crippen molar-refractivity contribution in [2.75, 3.05) is 13.1 Å². The van der Waals surface area contributed by atoms with E-state index in [4.69, 9.17) is 0 Å². The molecule has 1 N–H and O–H groups in total. The van der Waals surface area contributed by atoms with Crippen LogP contribution in [0.15, 0.2) is 36.7 Å². The molecule has 1 aromatic heterocycles. The number of hydrogen-bond donors (Lipinski definition) is 1. The predicted octanol–water partition coefficient (Wildman–Crippen LogP) is 3.92. The van der Waals surface area contributed by atoms with Crippen molar-refractivity contribution in [2.45, 2.75) is 52.1 Å². The first-order chi connectivity index (χ1) is 13.0. The van der Waals surface area contributed by atoms with E-state index < -0.39 is 0 Å². The summed E-state index contributed by atoms with van der Waals surface area (Å²) in [7, 11) is 1.96. The summed E-state index contributed by atoms with van der Waals surface area (Å²) in [6, 6.07) is 7.95. The average Bonchev–Trinajstić information content (AvgIpc) is 2.90. The molecule has 1 aromatic carbocycles. The van der Waals surface area contributed by atoms with Gasteiger partial charge < -0.3 is 9.88 Å². The minimum atomic E-state index is -0.105. The van der Waals surface area contributed by atoms with Crippen LogP contribution in [0, 0.1) is 5.92 Å². The summed E-state index contributed by atoms with van der Waals surface area (Å²) in [4.78, 5) is 19.8. The van der Waals surface area contributed by atoms with Crippen molar-refractivity contribution in [2.24, 2.45) is 13.0 Å². The van der Waals surface area contributed by atoms with E-state index in [9.17, 15) is 4.79 Å². The number of likely N-dealkylation sites (tertiary alicyclic amines) is 1. The summed E-state index contributed by atoms with van der Waals surface area (Å²) in [6.07, 6.45) is 8.92. The van der Waals surface area contributed by atoms with Gasteiger partial charge in [-0.25, -0.2) is 4.98 Å². The number of carbonyl (C=O) groups is 1. The SMILES string of the molecule is CC(C)C(NC(=O)c1cccc(CN2CCCCCC2)c1)c1nccn1C. The van der Waals surface area contributed by atoms with Crippen LogP contribution in [-0.4, -0.2) is 33.4 Å². The fourth-order valence-corrected chi connectivity index (χ4v) is 3.79. The van der Waals surface area contributed by atoms with Crippen LogP contribution in [0.4, 0.5) is 0 Å². The molecule has 0 radical (unpaired) electrons. The molecule has 0 spiro atoms. The average molecular weight is 369 g/mol. The largest absolute Gasteiger partial charge is 0.342 e. The van der Waals surface area contributed by atoms with Crippen LogP contribution in [0.2, 0.25) is 0 Å². The topological polar surface area (TPSA) is 50.2 Å². The number of hydrogen-bond acceptors (Lipinski definition) is 3. The van der Waals surface area contributed by atoms with Gasteiger partial charge in [-0.05, 0) is 49.5 Å². The molecule has 0 saturated carbocycles. The Labute approximate surface area is 162 Å². The molecule has 5 nitrogen and oxygen atoms in total. The first kappa shape index (κ1) is 19.6. The van der Waals surface area contributed by atoms with Crippen molar-refractivity contribution in [3.63, 3.8) is 0 Å². The quantitative estimate of drug-likeness (QED) is 0.841. The van der Waals surface area contributed by atoms with Crippen LogP contribution in [-0.2, 0) is 13.6 Å². The standard InChI is InChI=1S/C22H32N4O/c1-17(2)20(21-23-11-14-25(21)3)24-22(27)19-10-8-9-18(15-19)16-26-12-6-4-5-7-13-26/h8-11,14-15,17,20H,4-7,12-13,16H2,1-3H3,(H,24,27). The second-order valence-electron chi connectivity index (χ2n) is 7.98. The lowest BCUT2D eigenvalue weighted by Gasteiger charge is -2.23. The Balaban J connectivity index is 1.69. The van der Waals surface area contributed by atoms with Crippen molar-refractivity contribution in [1.29, 1.82) is 0 Å². The maximum atomic E-state index is 12.9. The number of rotatable bonds is 6. The van der Waals surface area contributed by atoms with E-state index in [1.165, 1.54) is 31.2 Å². The smallest absolute Gasteiger partial charge is 0.251 e. The van der Waals surface area contributed by atoms with Crippen LogP contribution in [0.5, 0.6) is 0 Å². The second-order valence-corrected chi connectivity index (χ2v) is 7.98. The number of imidazole rings is 1. The fraction of sp³-hybridized carbons (Fsp3) is 0.545. The number of aromatic nitrogens is 2. The molecule has 1 fully saturated rings. The highest BCUT2D eigenvalue weighted by molar-refractivity contribution is 5.94. The van der Waals surface area contributed by atoms with Gasteiger partial charge in [0.15, 0.2) is 0 Å². The summed E-state index contributed by atoms with van der Waals surface area (Å²) in [5.74, 6) is 1.11. The Kier molecular flexibility index (Phi) is 6.67. The maximum absolute atomic E-state index is 12.9. The maximum Gasteiger partial charge on any atom is 0.251 e. The van der Waals surface area contributed by atoms with E-state index in [0.717, 1.165) is 31.0 Å². The highest BCUT2D eigenvalue weighted by Gasteiger charge is 2.22. The van der Waals surface area contributed by atoms with Gasteiger partial charge in [0.25, 0.3) is 5.91 Å². The van der Waals surface area contributed by atoms with Gasteiger partial charge in [0.2, 0.25) is 0 Å². The highest BCUT2D eigenvalue weighted by Crippen LogP contribution is 2.21. The Bertz CT molecular complexity index is 744. The molecule has 1 saturated heterocycles. The summed E-state index contributed by atoms with van der Waals surface area (Å²) in [5, 5.41) is 3.18. The molecule has 0 aliphatic carbocycles. The monoisotopic (exact) mass is 368 g/mol. The number of amides is 1. The van der Waals surface area contributed by atoms with E-state index in [2.05, 4.69) is 35.1 Å².